The maximum Gasteiger partial charge on any atom is 0.282 e. The molecule has 0 saturated heterocycles. The average molecular weight is 287 g/mol. The van der Waals surface area contributed by atoms with E-state index < -0.39 is 19.1 Å². The number of ether oxygens (including phenoxy) is 2. The minimum absolute atomic E-state index is 0.0575. The summed E-state index contributed by atoms with van der Waals surface area (Å²) in [6.07, 6.45) is 1.48. The van der Waals surface area contributed by atoms with Crippen LogP contribution in [0.3, 0.4) is 0 Å². The number of aliphatic hydroxyl groups is 1. The molecule has 0 radical (unpaired) electrons. The molecule has 1 aliphatic heterocycles. The van der Waals surface area contributed by atoms with E-state index in [0.29, 0.717) is 0 Å². The Hall–Kier alpha value is -1.40. The van der Waals surface area contributed by atoms with Gasteiger partial charge in [-0.3, -0.25) is 0 Å². The van der Waals surface area contributed by atoms with Crippen molar-refractivity contribution in [3.8, 4) is 11.5 Å². The number of aliphatic hydroxyl groups excluding tert-OH is 1. The van der Waals surface area contributed by atoms with E-state index in [0.717, 1.165) is 29.9 Å². The van der Waals surface area contributed by atoms with Gasteiger partial charge in [0.15, 0.2) is 11.5 Å². The van der Waals surface area contributed by atoms with Crippen LogP contribution in [0.5, 0.6) is 11.5 Å². The Bertz CT molecular complexity index is 454. The van der Waals surface area contributed by atoms with Crippen molar-refractivity contribution in [2.75, 3.05) is 19.9 Å². The van der Waals surface area contributed by atoms with Crippen molar-refractivity contribution in [2.24, 2.45) is 0 Å². The smallest absolute Gasteiger partial charge is 0.282 e. The van der Waals surface area contributed by atoms with Crippen LogP contribution in [0.15, 0.2) is 18.2 Å². The molecule has 0 aromatic heterocycles. The molecule has 2 rings (SSSR count). The highest BCUT2D eigenvalue weighted by Crippen LogP contribution is 2.32. The maximum atomic E-state index is 12.9. The van der Waals surface area contributed by atoms with Crippen molar-refractivity contribution in [1.82, 2.24) is 5.32 Å². The molecule has 0 amide bonds. The summed E-state index contributed by atoms with van der Waals surface area (Å²) >= 11 is 0. The molecule has 112 valence electrons. The number of benzene rings is 1. The van der Waals surface area contributed by atoms with Gasteiger partial charge in [0, 0.05) is 6.04 Å². The van der Waals surface area contributed by atoms with Crippen molar-refractivity contribution >= 4 is 0 Å². The summed E-state index contributed by atoms with van der Waals surface area (Å²) in [5, 5.41) is 11.2. The van der Waals surface area contributed by atoms with E-state index in [2.05, 4.69) is 5.32 Å². The maximum absolute atomic E-state index is 12.9. The zero-order valence-corrected chi connectivity index (χ0v) is 11.4. The molecule has 0 spiro atoms. The molecule has 2 N–H and O–H groups in total. The number of hydrogen-bond acceptors (Lipinski definition) is 4. The van der Waals surface area contributed by atoms with E-state index in [9.17, 15) is 8.78 Å². The Morgan fingerprint density at radius 2 is 2.10 bits per heavy atom. The van der Waals surface area contributed by atoms with Crippen molar-refractivity contribution in [1.29, 1.82) is 0 Å². The van der Waals surface area contributed by atoms with Crippen molar-refractivity contribution in [2.45, 2.75) is 31.7 Å². The lowest BCUT2D eigenvalue weighted by molar-refractivity contribution is -0.0491. The molecule has 1 heterocycles. The topological polar surface area (TPSA) is 50.7 Å². The Morgan fingerprint density at radius 3 is 2.85 bits per heavy atom. The summed E-state index contributed by atoms with van der Waals surface area (Å²) in [7, 11) is 0. The molecule has 1 atom stereocenters. The first-order valence-corrected chi connectivity index (χ1v) is 6.61. The first-order chi connectivity index (χ1) is 9.50. The van der Waals surface area contributed by atoms with Crippen LogP contribution < -0.4 is 14.8 Å². The van der Waals surface area contributed by atoms with Crippen molar-refractivity contribution in [3.05, 3.63) is 23.8 Å². The molecular formula is C14H19F2NO3. The standard InChI is InChI=1S/C14H19F2NO3/c1-10(17-7-14(15,16)8-18)2-3-11-4-5-12-13(6-11)20-9-19-12/h4-6,10,17-18H,2-3,7-9H2,1H3. The Labute approximate surface area is 116 Å². The van der Waals surface area contributed by atoms with Gasteiger partial charge in [0.05, 0.1) is 6.54 Å². The van der Waals surface area contributed by atoms with E-state index in [1.165, 1.54) is 0 Å². The molecule has 1 aliphatic rings. The SMILES string of the molecule is CC(CCc1ccc2c(c1)OCO2)NCC(F)(F)CO. The Balaban J connectivity index is 1.77. The van der Waals surface area contributed by atoms with Gasteiger partial charge in [0.1, 0.15) is 6.61 Å². The van der Waals surface area contributed by atoms with Crippen LogP contribution in [-0.2, 0) is 6.42 Å². The molecular weight excluding hydrogens is 268 g/mol. The van der Waals surface area contributed by atoms with E-state index in [-0.39, 0.29) is 12.8 Å². The molecule has 6 heteroatoms. The van der Waals surface area contributed by atoms with Crippen LogP contribution in [0.25, 0.3) is 0 Å². The molecule has 0 bridgehead atoms. The number of rotatable bonds is 7. The third-order valence-corrected chi connectivity index (χ3v) is 3.24. The molecule has 0 aliphatic carbocycles. The quantitative estimate of drug-likeness (QED) is 0.805. The molecule has 20 heavy (non-hydrogen) atoms. The monoisotopic (exact) mass is 287 g/mol. The number of fused-ring (bicyclic) bond motifs is 1. The first kappa shape index (κ1) is 15.0. The normalized spacial score (nSPS) is 15.4. The summed E-state index contributed by atoms with van der Waals surface area (Å²) < 4.78 is 36.3. The largest absolute Gasteiger partial charge is 0.454 e. The highest BCUT2D eigenvalue weighted by atomic mass is 19.3. The van der Waals surface area contributed by atoms with Gasteiger partial charge < -0.3 is 19.9 Å². The highest BCUT2D eigenvalue weighted by molar-refractivity contribution is 5.44. The predicted molar refractivity (Wildman–Crippen MR) is 70.4 cm³/mol. The number of alkyl halides is 2. The highest BCUT2D eigenvalue weighted by Gasteiger charge is 2.27. The summed E-state index contributed by atoms with van der Waals surface area (Å²) in [5.74, 6) is -1.59. The molecule has 1 unspecified atom stereocenters. The van der Waals surface area contributed by atoms with Crippen LogP contribution in [0, 0.1) is 0 Å². The van der Waals surface area contributed by atoms with Crippen LogP contribution in [0.2, 0.25) is 0 Å². The molecule has 1 aromatic carbocycles. The molecule has 0 saturated carbocycles. The van der Waals surface area contributed by atoms with Crippen LogP contribution in [-0.4, -0.2) is 37.0 Å². The minimum atomic E-state index is -3.06. The lowest BCUT2D eigenvalue weighted by Gasteiger charge is -2.18. The third kappa shape index (κ3) is 4.05. The Morgan fingerprint density at radius 1 is 1.35 bits per heavy atom. The molecule has 1 aromatic rings. The fourth-order valence-electron chi connectivity index (χ4n) is 1.96. The second kappa shape index (κ2) is 6.37. The number of aryl methyl sites for hydroxylation is 1. The number of hydrogen-bond donors (Lipinski definition) is 2. The van der Waals surface area contributed by atoms with Gasteiger partial charge in [-0.2, -0.15) is 0 Å². The fourth-order valence-corrected chi connectivity index (χ4v) is 1.96. The van der Waals surface area contributed by atoms with Gasteiger partial charge in [-0.25, -0.2) is 8.78 Å². The van der Waals surface area contributed by atoms with Gasteiger partial charge in [-0.05, 0) is 37.5 Å². The summed E-state index contributed by atoms with van der Waals surface area (Å²) in [4.78, 5) is 0. The number of nitrogens with one attached hydrogen (secondary N) is 1. The second-order valence-corrected chi connectivity index (χ2v) is 5.02. The zero-order valence-electron chi connectivity index (χ0n) is 11.4. The van der Waals surface area contributed by atoms with E-state index in [1.54, 1.807) is 0 Å². The van der Waals surface area contributed by atoms with Gasteiger partial charge in [0.2, 0.25) is 6.79 Å². The van der Waals surface area contributed by atoms with Gasteiger partial charge in [-0.15, -0.1) is 0 Å². The lowest BCUT2D eigenvalue weighted by atomic mass is 10.1. The van der Waals surface area contributed by atoms with Gasteiger partial charge in [-0.1, -0.05) is 6.07 Å². The van der Waals surface area contributed by atoms with E-state index in [1.807, 2.05) is 25.1 Å². The minimum Gasteiger partial charge on any atom is -0.454 e. The third-order valence-electron chi connectivity index (χ3n) is 3.24. The molecule has 4 nitrogen and oxygen atoms in total. The second-order valence-electron chi connectivity index (χ2n) is 5.02. The van der Waals surface area contributed by atoms with Crippen molar-refractivity contribution in [3.63, 3.8) is 0 Å². The Kier molecular flexibility index (Phi) is 4.77. The van der Waals surface area contributed by atoms with Crippen molar-refractivity contribution < 1.29 is 23.4 Å². The van der Waals surface area contributed by atoms with Crippen LogP contribution >= 0.6 is 0 Å². The zero-order chi connectivity index (χ0) is 14.6. The predicted octanol–water partition coefficient (Wildman–Crippen LogP) is 1.95. The van der Waals surface area contributed by atoms with Gasteiger partial charge >= 0.3 is 0 Å². The van der Waals surface area contributed by atoms with Crippen LogP contribution in [0.4, 0.5) is 8.78 Å². The van der Waals surface area contributed by atoms with Crippen LogP contribution in [0.1, 0.15) is 18.9 Å². The first-order valence-electron chi connectivity index (χ1n) is 6.61. The number of halogens is 2. The summed E-state index contributed by atoms with van der Waals surface area (Å²) in [6, 6.07) is 5.66. The lowest BCUT2D eigenvalue weighted by Crippen LogP contribution is -2.40. The fraction of sp³-hybridized carbons (Fsp3) is 0.571. The average Bonchev–Trinajstić information content (AvgIpc) is 2.90. The van der Waals surface area contributed by atoms with Gasteiger partial charge in [0.25, 0.3) is 5.92 Å². The van der Waals surface area contributed by atoms with E-state index in [4.69, 9.17) is 14.6 Å². The van der Waals surface area contributed by atoms with E-state index >= 15 is 0 Å². The summed E-state index contributed by atoms with van der Waals surface area (Å²) in [5.41, 5.74) is 1.08. The summed E-state index contributed by atoms with van der Waals surface area (Å²) in [6.45, 7) is 0.452. The molecule has 0 fully saturated rings.